The third-order valence-corrected chi connectivity index (χ3v) is 3.72. The molecular formula is C13H8F3N3OS. The number of benzene rings is 1. The predicted octanol–water partition coefficient (Wildman–Crippen LogP) is 3.59. The van der Waals surface area contributed by atoms with Crippen LogP contribution in [-0.4, -0.2) is 10.9 Å². The first-order valence-electron chi connectivity index (χ1n) is 5.67. The molecule has 2 aromatic rings. The Bertz CT molecular complexity index is 714. The Labute approximate surface area is 121 Å². The molecule has 0 bridgehead atoms. The lowest BCUT2D eigenvalue weighted by Gasteiger charge is -2.03. The number of halogens is 3. The SMILES string of the molecule is Cc1nc(C(F)(F)F)sc1C(=O)Nc1ccc(C#N)cc1. The van der Waals surface area contributed by atoms with E-state index in [-0.39, 0.29) is 10.6 Å². The predicted molar refractivity (Wildman–Crippen MR) is 71.0 cm³/mol. The fourth-order valence-electron chi connectivity index (χ4n) is 1.54. The van der Waals surface area contributed by atoms with Crippen molar-refractivity contribution in [3.05, 3.63) is 45.4 Å². The summed E-state index contributed by atoms with van der Waals surface area (Å²) >= 11 is 0.301. The number of hydrogen-bond acceptors (Lipinski definition) is 4. The van der Waals surface area contributed by atoms with Crippen LogP contribution in [0.25, 0.3) is 0 Å². The van der Waals surface area contributed by atoms with Gasteiger partial charge in [-0.1, -0.05) is 0 Å². The average molecular weight is 311 g/mol. The number of amides is 1. The summed E-state index contributed by atoms with van der Waals surface area (Å²) in [5.41, 5.74) is 0.833. The number of hydrogen-bond donors (Lipinski definition) is 1. The van der Waals surface area contributed by atoms with Crippen LogP contribution >= 0.6 is 11.3 Å². The standard InChI is InChI=1S/C13H8F3N3OS/c1-7-10(21-12(18-7)13(14,15)16)11(20)19-9-4-2-8(6-17)3-5-9/h2-5H,1H3,(H,19,20). The zero-order valence-electron chi connectivity index (χ0n) is 10.7. The molecule has 0 aliphatic carbocycles. The molecule has 108 valence electrons. The minimum absolute atomic E-state index is 0.0264. The number of aromatic nitrogens is 1. The maximum Gasteiger partial charge on any atom is 0.443 e. The van der Waals surface area contributed by atoms with E-state index in [2.05, 4.69) is 10.3 Å². The monoisotopic (exact) mass is 311 g/mol. The van der Waals surface area contributed by atoms with Crippen molar-refractivity contribution in [2.45, 2.75) is 13.1 Å². The topological polar surface area (TPSA) is 65.8 Å². The maximum atomic E-state index is 12.5. The number of carbonyl (C=O) groups is 1. The van der Waals surface area contributed by atoms with Gasteiger partial charge in [0, 0.05) is 5.69 Å². The summed E-state index contributed by atoms with van der Waals surface area (Å²) in [5, 5.41) is 10.1. The summed E-state index contributed by atoms with van der Waals surface area (Å²) in [7, 11) is 0. The summed E-state index contributed by atoms with van der Waals surface area (Å²) in [4.78, 5) is 15.2. The maximum absolute atomic E-state index is 12.5. The van der Waals surface area contributed by atoms with Crippen LogP contribution in [0.4, 0.5) is 18.9 Å². The van der Waals surface area contributed by atoms with Gasteiger partial charge in [-0.05, 0) is 31.2 Å². The van der Waals surface area contributed by atoms with Crippen molar-refractivity contribution in [1.82, 2.24) is 4.98 Å². The van der Waals surface area contributed by atoms with E-state index in [0.29, 0.717) is 22.6 Å². The van der Waals surface area contributed by atoms with Crippen molar-refractivity contribution < 1.29 is 18.0 Å². The normalized spacial score (nSPS) is 11.0. The molecule has 0 atom stereocenters. The Morgan fingerprint density at radius 2 is 1.95 bits per heavy atom. The summed E-state index contributed by atoms with van der Waals surface area (Å²) in [6.07, 6.45) is -4.57. The molecule has 2 rings (SSSR count). The molecule has 1 heterocycles. The third-order valence-electron chi connectivity index (χ3n) is 2.52. The number of nitriles is 1. The Morgan fingerprint density at radius 1 is 1.33 bits per heavy atom. The molecule has 0 saturated heterocycles. The molecule has 0 saturated carbocycles. The Morgan fingerprint density at radius 3 is 2.43 bits per heavy atom. The van der Waals surface area contributed by atoms with Crippen LogP contribution < -0.4 is 5.32 Å². The molecule has 0 spiro atoms. The fraction of sp³-hybridized carbons (Fsp3) is 0.154. The van der Waals surface area contributed by atoms with E-state index in [0.717, 1.165) is 0 Å². The van der Waals surface area contributed by atoms with Crippen molar-refractivity contribution >= 4 is 22.9 Å². The van der Waals surface area contributed by atoms with E-state index in [1.807, 2.05) is 6.07 Å². The highest BCUT2D eigenvalue weighted by Gasteiger charge is 2.36. The molecule has 0 aliphatic heterocycles. The number of nitrogens with zero attached hydrogens (tertiary/aromatic N) is 2. The van der Waals surface area contributed by atoms with Crippen LogP contribution in [0.5, 0.6) is 0 Å². The van der Waals surface area contributed by atoms with Crippen LogP contribution in [-0.2, 0) is 6.18 Å². The zero-order chi connectivity index (χ0) is 15.6. The van der Waals surface area contributed by atoms with Crippen molar-refractivity contribution in [3.8, 4) is 6.07 Å². The van der Waals surface area contributed by atoms with Gasteiger partial charge in [0.25, 0.3) is 5.91 Å². The molecule has 1 aromatic heterocycles. The molecule has 0 radical (unpaired) electrons. The van der Waals surface area contributed by atoms with Crippen LogP contribution in [0, 0.1) is 18.3 Å². The van der Waals surface area contributed by atoms with Crippen molar-refractivity contribution in [1.29, 1.82) is 5.26 Å². The quantitative estimate of drug-likeness (QED) is 0.921. The first-order valence-corrected chi connectivity index (χ1v) is 6.49. The van der Waals surface area contributed by atoms with Gasteiger partial charge in [-0.15, -0.1) is 11.3 Å². The van der Waals surface area contributed by atoms with Crippen LogP contribution in [0.1, 0.15) is 25.9 Å². The molecular weight excluding hydrogens is 303 g/mol. The first-order chi connectivity index (χ1) is 9.81. The van der Waals surface area contributed by atoms with Gasteiger partial charge in [-0.25, -0.2) is 4.98 Å². The van der Waals surface area contributed by atoms with Gasteiger partial charge in [0.15, 0.2) is 5.01 Å². The molecule has 0 fully saturated rings. The van der Waals surface area contributed by atoms with Gasteiger partial charge in [-0.3, -0.25) is 4.79 Å². The number of anilines is 1. The summed E-state index contributed by atoms with van der Waals surface area (Å²) in [5.74, 6) is -0.662. The van der Waals surface area contributed by atoms with Gasteiger partial charge < -0.3 is 5.32 Å². The number of nitrogens with one attached hydrogen (secondary N) is 1. The summed E-state index contributed by atoms with van der Waals surface area (Å²) < 4.78 is 37.6. The molecule has 1 amide bonds. The molecule has 0 aliphatic rings. The molecule has 1 aromatic carbocycles. The molecule has 0 unspecified atom stereocenters. The average Bonchev–Trinajstić information content (AvgIpc) is 2.82. The van der Waals surface area contributed by atoms with E-state index in [4.69, 9.17) is 5.26 Å². The van der Waals surface area contributed by atoms with Gasteiger partial charge in [0.2, 0.25) is 0 Å². The number of carbonyl (C=O) groups excluding carboxylic acids is 1. The Balaban J connectivity index is 2.20. The highest BCUT2D eigenvalue weighted by Crippen LogP contribution is 2.34. The number of alkyl halides is 3. The highest BCUT2D eigenvalue weighted by atomic mass is 32.1. The smallest absolute Gasteiger partial charge is 0.321 e. The van der Waals surface area contributed by atoms with E-state index >= 15 is 0 Å². The second-order valence-electron chi connectivity index (χ2n) is 4.07. The van der Waals surface area contributed by atoms with Gasteiger partial charge >= 0.3 is 6.18 Å². The van der Waals surface area contributed by atoms with Crippen molar-refractivity contribution in [2.75, 3.05) is 5.32 Å². The van der Waals surface area contributed by atoms with Crippen LogP contribution in [0.2, 0.25) is 0 Å². The Kier molecular flexibility index (Phi) is 3.95. The zero-order valence-corrected chi connectivity index (χ0v) is 11.5. The number of aryl methyl sites for hydroxylation is 1. The molecule has 1 N–H and O–H groups in total. The minimum atomic E-state index is -4.57. The molecule has 21 heavy (non-hydrogen) atoms. The lowest BCUT2D eigenvalue weighted by Crippen LogP contribution is -2.11. The van der Waals surface area contributed by atoms with E-state index in [1.165, 1.54) is 31.2 Å². The second kappa shape index (κ2) is 5.54. The van der Waals surface area contributed by atoms with E-state index in [9.17, 15) is 18.0 Å². The van der Waals surface area contributed by atoms with Gasteiger partial charge in [0.1, 0.15) is 4.88 Å². The van der Waals surface area contributed by atoms with E-state index in [1.54, 1.807) is 0 Å². The third kappa shape index (κ3) is 3.38. The highest BCUT2D eigenvalue weighted by molar-refractivity contribution is 7.14. The first kappa shape index (κ1) is 15.0. The van der Waals surface area contributed by atoms with Crippen LogP contribution in [0.15, 0.2) is 24.3 Å². The minimum Gasteiger partial charge on any atom is -0.321 e. The lowest BCUT2D eigenvalue weighted by molar-refractivity contribution is -0.137. The fourth-order valence-corrected chi connectivity index (χ4v) is 2.37. The lowest BCUT2D eigenvalue weighted by atomic mass is 10.2. The summed E-state index contributed by atoms with van der Waals surface area (Å²) in [6.45, 7) is 1.35. The Hall–Kier alpha value is -2.40. The van der Waals surface area contributed by atoms with Crippen molar-refractivity contribution in [2.24, 2.45) is 0 Å². The van der Waals surface area contributed by atoms with E-state index < -0.39 is 17.1 Å². The van der Waals surface area contributed by atoms with Crippen LogP contribution in [0.3, 0.4) is 0 Å². The number of rotatable bonds is 2. The number of thiazole rings is 1. The van der Waals surface area contributed by atoms with Gasteiger partial charge in [-0.2, -0.15) is 18.4 Å². The van der Waals surface area contributed by atoms with Gasteiger partial charge in [0.05, 0.1) is 17.3 Å². The molecule has 8 heteroatoms. The summed E-state index contributed by atoms with van der Waals surface area (Å²) in [6, 6.07) is 7.91. The molecule has 4 nitrogen and oxygen atoms in total. The van der Waals surface area contributed by atoms with Crippen molar-refractivity contribution in [3.63, 3.8) is 0 Å². The largest absolute Gasteiger partial charge is 0.443 e. The second-order valence-corrected chi connectivity index (χ2v) is 5.07.